The lowest BCUT2D eigenvalue weighted by molar-refractivity contribution is -0.213. The number of carbonyl (C=O) groups excluding carboxylic acids is 4. The van der Waals surface area contributed by atoms with Crippen molar-refractivity contribution in [2.75, 3.05) is 19.8 Å². The number of aliphatic hydroxyl groups excluding tert-OH is 1. The third kappa shape index (κ3) is 5.92. The maximum absolute atomic E-state index is 14.2. The number of cyclic esters (lactones) is 1. The molecule has 13 nitrogen and oxygen atoms in total. The summed E-state index contributed by atoms with van der Waals surface area (Å²) < 4.78 is 30.3. The maximum atomic E-state index is 14.2. The summed E-state index contributed by atoms with van der Waals surface area (Å²) in [4.78, 5) is 59.4. The Hall–Kier alpha value is -4.92. The van der Waals surface area contributed by atoms with E-state index in [4.69, 9.17) is 28.5 Å². The van der Waals surface area contributed by atoms with Crippen molar-refractivity contribution in [3.05, 3.63) is 113 Å². The molecule has 4 heterocycles. The SMILES string of the molecule is CC1(C)COC(=O)[C@@H]1OC(=O)C=Cc1ccc(CN2O[C@@H]3[C@H]4OC(c5ccccc5)(c5ccccc5)O[C@H]4[C@@H]4C[C@]3(C(=O)NCCO)[C@@H]2C(=O)O4)cc1. The van der Waals surface area contributed by atoms with Crippen LogP contribution >= 0.6 is 0 Å². The number of nitrogens with zero attached hydrogens (tertiary/aromatic N) is 1. The van der Waals surface area contributed by atoms with E-state index in [1.807, 2.05) is 72.8 Å². The highest BCUT2D eigenvalue weighted by Gasteiger charge is 2.76. The lowest BCUT2D eigenvalue weighted by Gasteiger charge is -2.48. The molecular formula is C40H40N2O11. The normalized spacial score (nSPS) is 30.8. The number of esters is 3. The third-order valence-corrected chi connectivity index (χ3v) is 10.8. The van der Waals surface area contributed by atoms with Gasteiger partial charge in [-0.05, 0) is 17.2 Å². The Kier molecular flexibility index (Phi) is 8.94. The highest BCUT2D eigenvalue weighted by Crippen LogP contribution is 2.59. The van der Waals surface area contributed by atoms with Crippen molar-refractivity contribution in [3.8, 4) is 0 Å². The van der Waals surface area contributed by atoms with Gasteiger partial charge in [0.2, 0.25) is 17.8 Å². The molecule has 3 aromatic rings. The second kappa shape index (κ2) is 13.5. The number of benzene rings is 3. The minimum atomic E-state index is -1.41. The Morgan fingerprint density at radius 1 is 0.925 bits per heavy atom. The number of hydrogen-bond donors (Lipinski definition) is 2. The molecule has 7 atom stereocenters. The van der Waals surface area contributed by atoms with E-state index in [1.165, 1.54) is 11.1 Å². The molecule has 4 aliphatic heterocycles. The van der Waals surface area contributed by atoms with Crippen LogP contribution in [0, 0.1) is 10.8 Å². The highest BCUT2D eigenvalue weighted by atomic mass is 16.8. The van der Waals surface area contributed by atoms with Gasteiger partial charge in [-0.2, -0.15) is 5.06 Å². The van der Waals surface area contributed by atoms with Crippen LogP contribution in [0.25, 0.3) is 6.08 Å². The molecule has 13 heteroatoms. The van der Waals surface area contributed by atoms with Gasteiger partial charge in [-0.3, -0.25) is 14.4 Å². The van der Waals surface area contributed by atoms with Crippen LogP contribution in [0.5, 0.6) is 0 Å². The zero-order valence-corrected chi connectivity index (χ0v) is 29.2. The van der Waals surface area contributed by atoms with Gasteiger partial charge in [-0.25, -0.2) is 9.59 Å². The molecule has 4 saturated heterocycles. The Balaban J connectivity index is 1.07. The first kappa shape index (κ1) is 35.1. The van der Waals surface area contributed by atoms with E-state index in [-0.39, 0.29) is 32.7 Å². The smallest absolute Gasteiger partial charge is 0.348 e. The number of rotatable bonds is 10. The van der Waals surface area contributed by atoms with Crippen LogP contribution < -0.4 is 5.32 Å². The minimum absolute atomic E-state index is 0.00577. The molecule has 5 fully saturated rings. The Morgan fingerprint density at radius 3 is 2.21 bits per heavy atom. The molecule has 0 spiro atoms. The Morgan fingerprint density at radius 2 is 1.58 bits per heavy atom. The van der Waals surface area contributed by atoms with Crippen LogP contribution in [-0.4, -0.2) is 90.3 Å². The van der Waals surface area contributed by atoms with Crippen molar-refractivity contribution in [2.24, 2.45) is 10.8 Å². The molecule has 1 saturated carbocycles. The molecule has 5 aliphatic rings. The lowest BCUT2D eigenvalue weighted by Crippen LogP contribution is -2.69. The van der Waals surface area contributed by atoms with Gasteiger partial charge >= 0.3 is 17.9 Å². The third-order valence-electron chi connectivity index (χ3n) is 10.8. The summed E-state index contributed by atoms with van der Waals surface area (Å²) >= 11 is 0. The first-order valence-electron chi connectivity index (χ1n) is 17.7. The van der Waals surface area contributed by atoms with Crippen molar-refractivity contribution < 1.29 is 52.8 Å². The number of nitrogens with one attached hydrogen (secondary N) is 1. The van der Waals surface area contributed by atoms with Gasteiger partial charge in [-0.1, -0.05) is 98.8 Å². The molecule has 276 valence electrons. The van der Waals surface area contributed by atoms with E-state index >= 15 is 0 Å². The van der Waals surface area contributed by atoms with Crippen molar-refractivity contribution in [3.63, 3.8) is 0 Å². The summed E-state index contributed by atoms with van der Waals surface area (Å²) in [6.45, 7) is 3.59. The first-order chi connectivity index (χ1) is 25.6. The average Bonchev–Trinajstić information content (AvgIpc) is 3.82. The Labute approximate surface area is 305 Å². The molecule has 1 amide bonds. The van der Waals surface area contributed by atoms with Crippen molar-refractivity contribution >= 4 is 29.9 Å². The van der Waals surface area contributed by atoms with E-state index in [1.54, 1.807) is 32.1 Å². The molecule has 2 N–H and O–H groups in total. The van der Waals surface area contributed by atoms with Crippen LogP contribution in [0.1, 0.15) is 42.5 Å². The minimum Gasteiger partial charge on any atom is -0.462 e. The molecular weight excluding hydrogens is 684 g/mol. The lowest BCUT2D eigenvalue weighted by atomic mass is 9.62. The zero-order chi connectivity index (χ0) is 37.0. The maximum Gasteiger partial charge on any atom is 0.348 e. The second-order valence-electron chi connectivity index (χ2n) is 14.7. The number of carbonyl (C=O) groups is 4. The summed E-state index contributed by atoms with van der Waals surface area (Å²) in [5.41, 5.74) is 0.881. The number of hydrogen-bond acceptors (Lipinski definition) is 12. The van der Waals surface area contributed by atoms with Crippen LogP contribution in [0.3, 0.4) is 0 Å². The predicted octanol–water partition coefficient (Wildman–Crippen LogP) is 2.79. The van der Waals surface area contributed by atoms with Gasteiger partial charge in [0.05, 0.1) is 13.2 Å². The summed E-state index contributed by atoms with van der Waals surface area (Å²) in [6, 6.07) is 25.1. The molecule has 1 aliphatic carbocycles. The fourth-order valence-corrected chi connectivity index (χ4v) is 8.19. The average molecular weight is 725 g/mol. The summed E-state index contributed by atoms with van der Waals surface area (Å²) in [6.07, 6.45) is -1.35. The van der Waals surface area contributed by atoms with Crippen LogP contribution in [0.4, 0.5) is 0 Å². The van der Waals surface area contributed by atoms with Crippen LogP contribution in [0.15, 0.2) is 91.0 Å². The van der Waals surface area contributed by atoms with Gasteiger partial charge in [0.1, 0.15) is 36.4 Å². The molecule has 8 rings (SSSR count). The predicted molar refractivity (Wildman–Crippen MR) is 185 cm³/mol. The monoisotopic (exact) mass is 724 g/mol. The van der Waals surface area contributed by atoms with Crippen molar-refractivity contribution in [1.29, 1.82) is 0 Å². The quantitative estimate of drug-likeness (QED) is 0.179. The number of amides is 1. The number of hydroxylamine groups is 2. The molecule has 0 aromatic heterocycles. The van der Waals surface area contributed by atoms with Gasteiger partial charge in [0, 0.05) is 35.6 Å². The van der Waals surface area contributed by atoms with Gasteiger partial charge < -0.3 is 34.1 Å². The van der Waals surface area contributed by atoms with Crippen LogP contribution in [-0.2, 0) is 60.0 Å². The van der Waals surface area contributed by atoms with E-state index in [0.717, 1.165) is 16.7 Å². The summed E-state index contributed by atoms with van der Waals surface area (Å²) in [7, 11) is 0. The first-order valence-corrected chi connectivity index (χ1v) is 17.7. The second-order valence-corrected chi connectivity index (χ2v) is 14.7. The fourth-order valence-electron chi connectivity index (χ4n) is 8.19. The van der Waals surface area contributed by atoms with Crippen LogP contribution in [0.2, 0.25) is 0 Å². The topological polar surface area (TPSA) is 159 Å². The van der Waals surface area contributed by atoms with Crippen molar-refractivity contribution in [2.45, 2.75) is 69.2 Å². The molecule has 2 bridgehead atoms. The van der Waals surface area contributed by atoms with Crippen molar-refractivity contribution in [1.82, 2.24) is 10.4 Å². The summed E-state index contributed by atoms with van der Waals surface area (Å²) in [5, 5.41) is 13.9. The van der Waals surface area contributed by atoms with Gasteiger partial charge in [0.15, 0.2) is 6.04 Å². The number of aliphatic hydroxyl groups is 1. The van der Waals surface area contributed by atoms with E-state index in [2.05, 4.69) is 5.32 Å². The fraction of sp³-hybridized carbons (Fsp3) is 0.400. The number of ether oxygens (including phenoxy) is 5. The largest absolute Gasteiger partial charge is 0.462 e. The van der Waals surface area contributed by atoms with Gasteiger partial charge in [0.25, 0.3) is 0 Å². The van der Waals surface area contributed by atoms with Gasteiger partial charge in [-0.15, -0.1) is 0 Å². The zero-order valence-electron chi connectivity index (χ0n) is 29.2. The van der Waals surface area contributed by atoms with E-state index < -0.39 is 77.0 Å². The standard InChI is InChI=1S/C40H40N2O11/c1-38(2)23-48-36(46)34(38)50-29(44)18-17-24-13-15-25(16-14-24)22-42-32-35(45)49-28-21-39(32,37(47)41-19-20-43)33(53-42)31-30(28)51-40(52-31,26-9-5-3-6-10-26)27-11-7-4-8-12-27/h3-18,28,30-34,43H,19-23H2,1-2H3,(H,41,47)/t28-,30-,31-,32-,33+,34-,39-/m0/s1. The molecule has 0 radical (unpaired) electrons. The molecule has 3 aromatic carbocycles. The molecule has 0 unspecified atom stereocenters. The van der Waals surface area contributed by atoms with E-state index in [0.29, 0.717) is 5.56 Å². The number of fused-ring (bicyclic) bond motifs is 4. The molecule has 53 heavy (non-hydrogen) atoms. The van der Waals surface area contributed by atoms with E-state index in [9.17, 15) is 24.3 Å². The Bertz CT molecular complexity index is 1880. The summed E-state index contributed by atoms with van der Waals surface area (Å²) in [5.74, 6) is -3.66. The highest BCUT2D eigenvalue weighted by molar-refractivity contribution is 5.94.